The van der Waals surface area contributed by atoms with E-state index in [9.17, 15) is 9.59 Å². The fraction of sp³-hybridized carbons (Fsp3) is 0.846. The zero-order valence-corrected chi connectivity index (χ0v) is 19.1. The first-order chi connectivity index (χ1) is 14.3. The van der Waals surface area contributed by atoms with E-state index in [0.717, 1.165) is 17.8 Å². The molecule has 0 heterocycles. The van der Waals surface area contributed by atoms with E-state index in [0.29, 0.717) is 24.2 Å². The summed E-state index contributed by atoms with van der Waals surface area (Å²) in [4.78, 5) is 24.8. The van der Waals surface area contributed by atoms with Crippen molar-refractivity contribution in [2.24, 2.45) is 41.4 Å². The van der Waals surface area contributed by atoms with Crippen LogP contribution in [0.2, 0.25) is 0 Å². The van der Waals surface area contributed by atoms with Gasteiger partial charge in [0.15, 0.2) is 0 Å². The van der Waals surface area contributed by atoms with Crippen molar-refractivity contribution in [2.45, 2.75) is 96.7 Å². The first kappa shape index (κ1) is 21.9. The smallest absolute Gasteiger partial charge is 0.330 e. The molecule has 5 fully saturated rings. The second-order valence-corrected chi connectivity index (χ2v) is 11.1. The van der Waals surface area contributed by atoms with Crippen LogP contribution in [-0.4, -0.2) is 23.6 Å². The minimum Gasteiger partial charge on any atom is -0.460 e. The maximum Gasteiger partial charge on any atom is 0.330 e. The predicted molar refractivity (Wildman–Crippen MR) is 117 cm³/mol. The Morgan fingerprint density at radius 2 is 1.53 bits per heavy atom. The van der Waals surface area contributed by atoms with Gasteiger partial charge in [-0.3, -0.25) is 4.79 Å². The van der Waals surface area contributed by atoms with Crippen LogP contribution in [0.15, 0.2) is 12.7 Å². The number of esters is 2. The lowest BCUT2D eigenvalue weighted by atomic mass is 9.46. The highest BCUT2D eigenvalue weighted by atomic mass is 16.6. The SMILES string of the molecule is C=CC(=O)OC(C)CC(C)C(=O)OC1(C2CCC(C)CC2)C2CC3CC(C2)CC1C3. The topological polar surface area (TPSA) is 52.6 Å². The highest BCUT2D eigenvalue weighted by molar-refractivity contribution is 5.81. The summed E-state index contributed by atoms with van der Waals surface area (Å²) in [6.07, 6.45) is 12.7. The lowest BCUT2D eigenvalue weighted by molar-refractivity contribution is -0.236. The molecule has 0 amide bonds. The van der Waals surface area contributed by atoms with Gasteiger partial charge in [-0.1, -0.05) is 33.3 Å². The van der Waals surface area contributed by atoms with Crippen LogP contribution in [0.25, 0.3) is 0 Å². The molecule has 0 spiro atoms. The molecule has 5 aliphatic carbocycles. The van der Waals surface area contributed by atoms with Crippen molar-refractivity contribution in [1.82, 2.24) is 0 Å². The molecule has 0 aromatic carbocycles. The van der Waals surface area contributed by atoms with Crippen LogP contribution >= 0.6 is 0 Å². The number of rotatable bonds is 7. The van der Waals surface area contributed by atoms with Crippen LogP contribution in [0, 0.1) is 41.4 Å². The molecule has 0 N–H and O–H groups in total. The highest BCUT2D eigenvalue weighted by Gasteiger charge is 2.62. The summed E-state index contributed by atoms with van der Waals surface area (Å²) >= 11 is 0. The van der Waals surface area contributed by atoms with E-state index in [-0.39, 0.29) is 23.6 Å². The number of carbonyl (C=O) groups is 2. The van der Waals surface area contributed by atoms with Crippen LogP contribution < -0.4 is 0 Å². The summed E-state index contributed by atoms with van der Waals surface area (Å²) in [5.41, 5.74) is -0.236. The van der Waals surface area contributed by atoms with Crippen LogP contribution in [0.1, 0.15) is 85.0 Å². The van der Waals surface area contributed by atoms with Crippen molar-refractivity contribution in [1.29, 1.82) is 0 Å². The van der Waals surface area contributed by atoms with Crippen molar-refractivity contribution in [2.75, 3.05) is 0 Å². The van der Waals surface area contributed by atoms with Crippen molar-refractivity contribution >= 4 is 11.9 Å². The van der Waals surface area contributed by atoms with E-state index in [4.69, 9.17) is 9.47 Å². The number of ether oxygens (including phenoxy) is 2. The molecule has 4 nitrogen and oxygen atoms in total. The molecule has 2 unspecified atom stereocenters. The van der Waals surface area contributed by atoms with Gasteiger partial charge >= 0.3 is 11.9 Å². The molecule has 4 bridgehead atoms. The Hall–Kier alpha value is -1.32. The van der Waals surface area contributed by atoms with Gasteiger partial charge < -0.3 is 9.47 Å². The van der Waals surface area contributed by atoms with Crippen LogP contribution in [0.5, 0.6) is 0 Å². The molecule has 4 heteroatoms. The third kappa shape index (κ3) is 4.08. The van der Waals surface area contributed by atoms with E-state index >= 15 is 0 Å². The third-order valence-corrected chi connectivity index (χ3v) is 8.92. The van der Waals surface area contributed by atoms with Crippen LogP contribution in [0.4, 0.5) is 0 Å². The van der Waals surface area contributed by atoms with Gasteiger partial charge in [-0.15, -0.1) is 0 Å². The molecule has 0 aromatic heterocycles. The number of carbonyl (C=O) groups excluding carboxylic acids is 2. The van der Waals surface area contributed by atoms with E-state index in [1.165, 1.54) is 63.9 Å². The molecule has 0 radical (unpaired) electrons. The average molecular weight is 417 g/mol. The van der Waals surface area contributed by atoms with Gasteiger partial charge in [0.2, 0.25) is 0 Å². The van der Waals surface area contributed by atoms with Gasteiger partial charge in [0, 0.05) is 6.08 Å². The molecular weight excluding hydrogens is 376 g/mol. The Bertz CT molecular complexity index is 632. The molecule has 5 saturated carbocycles. The predicted octanol–water partition coefficient (Wildman–Crippen LogP) is 5.69. The number of hydrogen-bond acceptors (Lipinski definition) is 4. The van der Waals surface area contributed by atoms with Gasteiger partial charge in [-0.25, -0.2) is 4.79 Å². The first-order valence-corrected chi connectivity index (χ1v) is 12.4. The Kier molecular flexibility index (Phi) is 6.33. The minimum absolute atomic E-state index is 0.0809. The fourth-order valence-electron chi connectivity index (χ4n) is 7.71. The zero-order valence-electron chi connectivity index (χ0n) is 19.1. The summed E-state index contributed by atoms with van der Waals surface area (Å²) in [7, 11) is 0. The summed E-state index contributed by atoms with van der Waals surface area (Å²) in [5.74, 6) is 3.36. The fourth-order valence-corrected chi connectivity index (χ4v) is 7.71. The van der Waals surface area contributed by atoms with Gasteiger partial charge in [0.05, 0.1) is 5.92 Å². The van der Waals surface area contributed by atoms with Crippen molar-refractivity contribution < 1.29 is 19.1 Å². The normalized spacial score (nSPS) is 41.7. The maximum atomic E-state index is 13.4. The molecule has 0 aliphatic heterocycles. The standard InChI is InChI=1S/C26H40O4/c1-5-24(27)29-18(4)10-17(3)25(28)30-26(21-8-6-16(2)7-9-21)22-12-19-11-20(14-22)15-23(26)13-19/h5,16-23H,1,6-15H2,2-4H3. The Morgan fingerprint density at radius 3 is 2.07 bits per heavy atom. The molecule has 30 heavy (non-hydrogen) atoms. The monoisotopic (exact) mass is 416 g/mol. The zero-order chi connectivity index (χ0) is 21.5. The quantitative estimate of drug-likeness (QED) is 0.395. The highest BCUT2D eigenvalue weighted by Crippen LogP contribution is 2.63. The van der Waals surface area contributed by atoms with Gasteiger partial charge in [-0.2, -0.15) is 0 Å². The molecule has 5 aliphatic rings. The largest absolute Gasteiger partial charge is 0.460 e. The van der Waals surface area contributed by atoms with Crippen molar-refractivity contribution in [3.63, 3.8) is 0 Å². The van der Waals surface area contributed by atoms with Gasteiger partial charge in [0.25, 0.3) is 0 Å². The van der Waals surface area contributed by atoms with Crippen molar-refractivity contribution in [3.8, 4) is 0 Å². The van der Waals surface area contributed by atoms with Crippen molar-refractivity contribution in [3.05, 3.63) is 12.7 Å². The average Bonchev–Trinajstić information content (AvgIpc) is 2.70. The van der Waals surface area contributed by atoms with E-state index < -0.39 is 5.97 Å². The molecule has 5 rings (SSSR count). The van der Waals surface area contributed by atoms with E-state index in [1.807, 2.05) is 13.8 Å². The Labute approximate surface area is 182 Å². The Balaban J connectivity index is 1.50. The minimum atomic E-state index is -0.433. The second-order valence-electron chi connectivity index (χ2n) is 11.1. The summed E-state index contributed by atoms with van der Waals surface area (Å²) in [5, 5.41) is 0. The summed E-state index contributed by atoms with van der Waals surface area (Å²) in [6, 6.07) is 0. The summed E-state index contributed by atoms with van der Waals surface area (Å²) in [6.45, 7) is 9.57. The molecule has 168 valence electrons. The maximum absolute atomic E-state index is 13.4. The molecule has 0 aromatic rings. The van der Waals surface area contributed by atoms with Crippen LogP contribution in [0.3, 0.4) is 0 Å². The van der Waals surface area contributed by atoms with Crippen LogP contribution in [-0.2, 0) is 19.1 Å². The lowest BCUT2D eigenvalue weighted by Gasteiger charge is -2.63. The number of hydrogen-bond donors (Lipinski definition) is 0. The second kappa shape index (κ2) is 8.67. The molecular formula is C26H40O4. The van der Waals surface area contributed by atoms with E-state index in [1.54, 1.807) is 0 Å². The molecule has 0 saturated heterocycles. The lowest BCUT2D eigenvalue weighted by Crippen LogP contribution is -2.64. The third-order valence-electron chi connectivity index (χ3n) is 8.92. The van der Waals surface area contributed by atoms with E-state index in [2.05, 4.69) is 13.5 Å². The summed E-state index contributed by atoms with van der Waals surface area (Å²) < 4.78 is 12.0. The van der Waals surface area contributed by atoms with Gasteiger partial charge in [0.1, 0.15) is 11.7 Å². The van der Waals surface area contributed by atoms with Gasteiger partial charge in [-0.05, 0) is 93.8 Å². The molecule has 2 atom stereocenters. The first-order valence-electron chi connectivity index (χ1n) is 12.4. The Morgan fingerprint density at radius 1 is 0.967 bits per heavy atom.